The van der Waals surface area contributed by atoms with Crippen LogP contribution in [-0.2, 0) is 7.05 Å². The van der Waals surface area contributed by atoms with Gasteiger partial charge in [-0.05, 0) is 24.6 Å². The molecule has 140 valence electrons. The Bertz CT molecular complexity index is 961. The van der Waals surface area contributed by atoms with Gasteiger partial charge in [-0.3, -0.25) is 19.4 Å². The predicted molar refractivity (Wildman–Crippen MR) is 103 cm³/mol. The fourth-order valence-corrected chi connectivity index (χ4v) is 2.64. The van der Waals surface area contributed by atoms with Gasteiger partial charge >= 0.3 is 0 Å². The van der Waals surface area contributed by atoms with Crippen LogP contribution < -0.4 is 10.6 Å². The molecule has 3 aromatic rings. The van der Waals surface area contributed by atoms with Gasteiger partial charge in [0, 0.05) is 24.2 Å². The zero-order valence-electron chi connectivity index (χ0n) is 14.9. The van der Waals surface area contributed by atoms with Crippen molar-refractivity contribution >= 4 is 29.1 Å². The molecule has 3 N–H and O–H groups in total. The van der Waals surface area contributed by atoms with E-state index < -0.39 is 5.91 Å². The SMILES string of the molecule is CCCNC(=O)c1c(NC(=O)c2cc(-c3ccc(Cl)cc3)n[nH]2)cnn1C. The highest BCUT2D eigenvalue weighted by atomic mass is 35.5. The Labute approximate surface area is 160 Å². The van der Waals surface area contributed by atoms with Crippen LogP contribution in [0, 0.1) is 0 Å². The number of rotatable bonds is 6. The van der Waals surface area contributed by atoms with Gasteiger partial charge in [0.1, 0.15) is 11.4 Å². The number of carbonyl (C=O) groups is 2. The van der Waals surface area contributed by atoms with Gasteiger partial charge in [-0.1, -0.05) is 30.7 Å². The van der Waals surface area contributed by atoms with E-state index in [0.29, 0.717) is 22.9 Å². The molecular weight excluding hydrogens is 368 g/mol. The summed E-state index contributed by atoms with van der Waals surface area (Å²) in [5.41, 5.74) is 2.33. The van der Waals surface area contributed by atoms with Crippen molar-refractivity contribution in [3.8, 4) is 11.3 Å². The van der Waals surface area contributed by atoms with E-state index in [1.807, 2.05) is 19.1 Å². The minimum Gasteiger partial charge on any atom is -0.351 e. The number of anilines is 1. The number of carbonyl (C=O) groups excluding carboxylic acids is 2. The number of H-pyrrole nitrogens is 1. The monoisotopic (exact) mass is 386 g/mol. The summed E-state index contributed by atoms with van der Waals surface area (Å²) in [7, 11) is 1.64. The molecule has 0 aliphatic rings. The van der Waals surface area contributed by atoms with Gasteiger partial charge in [-0.15, -0.1) is 0 Å². The Morgan fingerprint density at radius 2 is 1.96 bits per heavy atom. The van der Waals surface area contributed by atoms with Crippen molar-refractivity contribution < 1.29 is 9.59 Å². The number of nitrogens with zero attached hydrogens (tertiary/aromatic N) is 3. The van der Waals surface area contributed by atoms with Crippen molar-refractivity contribution in [1.29, 1.82) is 0 Å². The molecule has 2 aromatic heterocycles. The first-order chi connectivity index (χ1) is 13.0. The topological polar surface area (TPSA) is 105 Å². The van der Waals surface area contributed by atoms with Crippen molar-refractivity contribution in [2.24, 2.45) is 7.05 Å². The lowest BCUT2D eigenvalue weighted by Crippen LogP contribution is -2.27. The van der Waals surface area contributed by atoms with Crippen LogP contribution in [0.2, 0.25) is 5.02 Å². The highest BCUT2D eigenvalue weighted by molar-refractivity contribution is 6.30. The second-order valence-corrected chi connectivity index (χ2v) is 6.35. The van der Waals surface area contributed by atoms with Gasteiger partial charge in [0.25, 0.3) is 11.8 Å². The normalized spacial score (nSPS) is 10.6. The number of nitrogens with one attached hydrogen (secondary N) is 3. The molecule has 0 bridgehead atoms. The highest BCUT2D eigenvalue weighted by Crippen LogP contribution is 2.21. The maximum atomic E-state index is 12.5. The maximum Gasteiger partial charge on any atom is 0.273 e. The van der Waals surface area contributed by atoms with Crippen LogP contribution in [0.15, 0.2) is 36.5 Å². The first-order valence-corrected chi connectivity index (χ1v) is 8.80. The summed E-state index contributed by atoms with van der Waals surface area (Å²) < 4.78 is 1.42. The molecule has 0 aliphatic heterocycles. The first-order valence-electron chi connectivity index (χ1n) is 8.42. The second-order valence-electron chi connectivity index (χ2n) is 5.91. The standard InChI is InChI=1S/C18H19ClN6O2/c1-3-8-20-18(27)16-15(10-21-25(16)2)22-17(26)14-9-13(23-24-14)11-4-6-12(19)7-5-11/h4-7,9-10H,3,8H2,1-2H3,(H,20,27)(H,22,26)(H,23,24). The quantitative estimate of drug-likeness (QED) is 0.605. The van der Waals surface area contributed by atoms with Crippen LogP contribution in [0.5, 0.6) is 0 Å². The lowest BCUT2D eigenvalue weighted by molar-refractivity contribution is 0.0945. The molecule has 0 unspecified atom stereocenters. The molecule has 0 radical (unpaired) electrons. The number of aromatic amines is 1. The zero-order chi connectivity index (χ0) is 19.4. The summed E-state index contributed by atoms with van der Waals surface area (Å²) in [5.74, 6) is -0.709. The molecule has 3 rings (SSSR count). The smallest absolute Gasteiger partial charge is 0.273 e. The molecule has 2 heterocycles. The minimum atomic E-state index is -0.416. The van der Waals surface area contributed by atoms with Gasteiger partial charge < -0.3 is 10.6 Å². The van der Waals surface area contributed by atoms with Crippen LogP contribution in [-0.4, -0.2) is 38.3 Å². The number of amides is 2. The number of hydrogen-bond acceptors (Lipinski definition) is 4. The minimum absolute atomic E-state index is 0.267. The Morgan fingerprint density at radius 3 is 2.67 bits per heavy atom. The molecule has 0 spiro atoms. The number of halogens is 1. The largest absolute Gasteiger partial charge is 0.351 e. The third-order valence-electron chi connectivity index (χ3n) is 3.90. The second kappa shape index (κ2) is 8.05. The zero-order valence-corrected chi connectivity index (χ0v) is 15.7. The van der Waals surface area contributed by atoms with Gasteiger partial charge in [0.15, 0.2) is 0 Å². The summed E-state index contributed by atoms with van der Waals surface area (Å²) in [6.07, 6.45) is 2.25. The van der Waals surface area contributed by atoms with Crippen molar-refractivity contribution in [1.82, 2.24) is 25.3 Å². The molecule has 0 aliphatic carbocycles. The van der Waals surface area contributed by atoms with Crippen molar-refractivity contribution in [3.63, 3.8) is 0 Å². The molecule has 8 nitrogen and oxygen atoms in total. The Balaban J connectivity index is 1.77. The average molecular weight is 387 g/mol. The lowest BCUT2D eigenvalue weighted by Gasteiger charge is -2.07. The number of benzene rings is 1. The molecule has 0 atom stereocenters. The third-order valence-corrected chi connectivity index (χ3v) is 4.15. The van der Waals surface area contributed by atoms with Gasteiger partial charge in [-0.2, -0.15) is 10.2 Å². The van der Waals surface area contributed by atoms with E-state index in [0.717, 1.165) is 12.0 Å². The predicted octanol–water partition coefficient (Wildman–Crippen LogP) is 2.86. The maximum absolute atomic E-state index is 12.5. The van der Waals surface area contributed by atoms with Crippen LogP contribution in [0.25, 0.3) is 11.3 Å². The van der Waals surface area contributed by atoms with E-state index in [-0.39, 0.29) is 17.3 Å². The average Bonchev–Trinajstić information content (AvgIpc) is 3.28. The fourth-order valence-electron chi connectivity index (χ4n) is 2.52. The summed E-state index contributed by atoms with van der Waals surface area (Å²) in [6, 6.07) is 8.77. The van der Waals surface area contributed by atoms with Gasteiger partial charge in [0.05, 0.1) is 17.6 Å². The Morgan fingerprint density at radius 1 is 1.22 bits per heavy atom. The summed E-state index contributed by atoms with van der Waals surface area (Å²) in [5, 5.41) is 17.0. The van der Waals surface area contributed by atoms with E-state index >= 15 is 0 Å². The van der Waals surface area contributed by atoms with Gasteiger partial charge in [-0.25, -0.2) is 0 Å². The molecule has 9 heteroatoms. The molecular formula is C18H19ClN6O2. The summed E-state index contributed by atoms with van der Waals surface area (Å²) >= 11 is 5.89. The van der Waals surface area contributed by atoms with Crippen molar-refractivity contribution in [2.75, 3.05) is 11.9 Å². The van der Waals surface area contributed by atoms with Crippen molar-refractivity contribution in [3.05, 3.63) is 52.9 Å². The molecule has 27 heavy (non-hydrogen) atoms. The molecule has 0 saturated heterocycles. The molecule has 1 aromatic carbocycles. The van der Waals surface area contributed by atoms with Gasteiger partial charge in [0.2, 0.25) is 0 Å². The van der Waals surface area contributed by atoms with E-state index in [9.17, 15) is 9.59 Å². The third kappa shape index (κ3) is 4.17. The lowest BCUT2D eigenvalue weighted by atomic mass is 10.1. The molecule has 2 amide bonds. The van der Waals surface area contributed by atoms with E-state index in [1.165, 1.54) is 10.9 Å². The van der Waals surface area contributed by atoms with Crippen LogP contribution in [0.1, 0.15) is 34.3 Å². The van der Waals surface area contributed by atoms with E-state index in [4.69, 9.17) is 11.6 Å². The molecule has 0 saturated carbocycles. The van der Waals surface area contributed by atoms with Crippen molar-refractivity contribution in [2.45, 2.75) is 13.3 Å². The Kier molecular flexibility index (Phi) is 5.56. The van der Waals surface area contributed by atoms with Crippen LogP contribution >= 0.6 is 11.6 Å². The first kappa shape index (κ1) is 18.7. The number of hydrogen-bond donors (Lipinski definition) is 3. The van der Waals surface area contributed by atoms with Crippen LogP contribution in [0.3, 0.4) is 0 Å². The molecule has 0 fully saturated rings. The number of aromatic nitrogens is 4. The van der Waals surface area contributed by atoms with E-state index in [2.05, 4.69) is 25.9 Å². The summed E-state index contributed by atoms with van der Waals surface area (Å²) in [4.78, 5) is 24.8. The fraction of sp³-hybridized carbons (Fsp3) is 0.222. The summed E-state index contributed by atoms with van der Waals surface area (Å²) in [6.45, 7) is 2.51. The number of aryl methyl sites for hydroxylation is 1. The van der Waals surface area contributed by atoms with Crippen LogP contribution in [0.4, 0.5) is 5.69 Å². The highest BCUT2D eigenvalue weighted by Gasteiger charge is 2.20. The van der Waals surface area contributed by atoms with E-state index in [1.54, 1.807) is 25.2 Å². The Hall–Kier alpha value is -3.13.